The molecule has 0 spiro atoms. The number of carbonyl (C=O) groups excluding carboxylic acids is 1. The molecule has 0 amide bonds. The van der Waals surface area contributed by atoms with Crippen LogP contribution in [0.5, 0.6) is 0 Å². The van der Waals surface area contributed by atoms with Gasteiger partial charge in [0.2, 0.25) is 5.82 Å². The molecule has 0 unspecified atom stereocenters. The number of benzene rings is 2. The summed E-state index contributed by atoms with van der Waals surface area (Å²) in [4.78, 5) is 16.2. The molecule has 0 aliphatic carbocycles. The highest BCUT2D eigenvalue weighted by molar-refractivity contribution is 6.35. The van der Waals surface area contributed by atoms with Gasteiger partial charge in [0.05, 0.1) is 10.6 Å². The average Bonchev–Trinajstić information content (AvgIpc) is 3.05. The van der Waals surface area contributed by atoms with Crippen LogP contribution >= 0.6 is 23.2 Å². The van der Waals surface area contributed by atoms with Crippen LogP contribution in [-0.4, -0.2) is 16.1 Å². The SMILES string of the molecule is O=C(OCc1nc(-c2ccccc2)no1)c1cc(Cl)ccc1Cl. The fourth-order valence-electron chi connectivity index (χ4n) is 1.88. The molecule has 0 N–H and O–H groups in total. The normalized spacial score (nSPS) is 10.5. The molecular weight excluding hydrogens is 339 g/mol. The first-order chi connectivity index (χ1) is 11.1. The minimum atomic E-state index is -0.614. The van der Waals surface area contributed by atoms with Crippen molar-refractivity contribution in [2.24, 2.45) is 0 Å². The fraction of sp³-hybridized carbons (Fsp3) is 0.0625. The smallest absolute Gasteiger partial charge is 0.340 e. The number of aromatic nitrogens is 2. The number of hydrogen-bond acceptors (Lipinski definition) is 5. The van der Waals surface area contributed by atoms with Crippen LogP contribution in [0.25, 0.3) is 11.4 Å². The summed E-state index contributed by atoms with van der Waals surface area (Å²) in [6, 6.07) is 13.9. The van der Waals surface area contributed by atoms with Gasteiger partial charge >= 0.3 is 5.97 Å². The summed E-state index contributed by atoms with van der Waals surface area (Å²) in [7, 11) is 0. The fourth-order valence-corrected chi connectivity index (χ4v) is 2.24. The van der Waals surface area contributed by atoms with Crippen molar-refractivity contribution in [1.82, 2.24) is 10.1 Å². The second kappa shape index (κ2) is 6.81. The van der Waals surface area contributed by atoms with Crippen molar-refractivity contribution in [1.29, 1.82) is 0 Å². The molecule has 0 saturated carbocycles. The monoisotopic (exact) mass is 348 g/mol. The predicted octanol–water partition coefficient (Wildman–Crippen LogP) is 4.40. The summed E-state index contributed by atoms with van der Waals surface area (Å²) in [5.74, 6) is 0.00440. The van der Waals surface area contributed by atoms with Crippen LogP contribution < -0.4 is 0 Å². The summed E-state index contributed by atoms with van der Waals surface area (Å²) >= 11 is 11.8. The third-order valence-electron chi connectivity index (χ3n) is 2.98. The third kappa shape index (κ3) is 3.70. The molecule has 3 aromatic rings. The van der Waals surface area contributed by atoms with Gasteiger partial charge in [-0.3, -0.25) is 0 Å². The van der Waals surface area contributed by atoms with Gasteiger partial charge < -0.3 is 9.26 Å². The quantitative estimate of drug-likeness (QED) is 0.653. The van der Waals surface area contributed by atoms with E-state index in [-0.39, 0.29) is 23.1 Å². The number of carbonyl (C=O) groups is 1. The maximum atomic E-state index is 12.0. The Kier molecular flexibility index (Phi) is 4.60. The first-order valence-electron chi connectivity index (χ1n) is 6.63. The second-order valence-electron chi connectivity index (χ2n) is 4.58. The van der Waals surface area contributed by atoms with E-state index in [0.29, 0.717) is 10.8 Å². The van der Waals surface area contributed by atoms with E-state index in [9.17, 15) is 4.79 Å². The Morgan fingerprint density at radius 3 is 2.70 bits per heavy atom. The van der Waals surface area contributed by atoms with Crippen LogP contribution in [0.2, 0.25) is 10.0 Å². The van der Waals surface area contributed by atoms with Crippen molar-refractivity contribution in [3.63, 3.8) is 0 Å². The highest BCUT2D eigenvalue weighted by Gasteiger charge is 2.15. The third-order valence-corrected chi connectivity index (χ3v) is 3.54. The molecule has 0 bridgehead atoms. The Morgan fingerprint density at radius 2 is 1.91 bits per heavy atom. The van der Waals surface area contributed by atoms with E-state index in [2.05, 4.69) is 10.1 Å². The predicted molar refractivity (Wildman–Crippen MR) is 85.3 cm³/mol. The van der Waals surface area contributed by atoms with Crippen LogP contribution in [0.3, 0.4) is 0 Å². The molecule has 23 heavy (non-hydrogen) atoms. The van der Waals surface area contributed by atoms with E-state index < -0.39 is 5.97 Å². The Hall–Kier alpha value is -2.37. The Morgan fingerprint density at radius 1 is 1.13 bits per heavy atom. The van der Waals surface area contributed by atoms with Crippen molar-refractivity contribution >= 4 is 29.2 Å². The molecule has 7 heteroatoms. The van der Waals surface area contributed by atoms with Crippen molar-refractivity contribution in [2.45, 2.75) is 6.61 Å². The summed E-state index contributed by atoms with van der Waals surface area (Å²) in [5, 5.41) is 4.50. The number of halogens is 2. The van der Waals surface area contributed by atoms with Gasteiger partial charge in [-0.15, -0.1) is 0 Å². The first kappa shape index (κ1) is 15.5. The van der Waals surface area contributed by atoms with Crippen LogP contribution in [0.4, 0.5) is 0 Å². The van der Waals surface area contributed by atoms with Gasteiger partial charge in [-0.1, -0.05) is 58.7 Å². The molecule has 0 radical (unpaired) electrons. The molecule has 0 fully saturated rings. The summed E-state index contributed by atoms with van der Waals surface area (Å²) in [6.07, 6.45) is 0. The van der Waals surface area contributed by atoms with E-state index in [0.717, 1.165) is 5.56 Å². The second-order valence-corrected chi connectivity index (χ2v) is 5.42. The van der Waals surface area contributed by atoms with Crippen molar-refractivity contribution in [3.05, 3.63) is 70.0 Å². The zero-order valence-corrected chi connectivity index (χ0v) is 13.2. The zero-order valence-electron chi connectivity index (χ0n) is 11.7. The van der Waals surface area contributed by atoms with Gasteiger partial charge in [0.1, 0.15) is 0 Å². The standard InChI is InChI=1S/C16H10Cl2N2O3/c17-11-6-7-13(18)12(8-11)16(21)22-9-14-19-15(20-23-14)10-4-2-1-3-5-10/h1-8H,9H2. The van der Waals surface area contributed by atoms with Crippen LogP contribution in [-0.2, 0) is 11.3 Å². The largest absolute Gasteiger partial charge is 0.452 e. The lowest BCUT2D eigenvalue weighted by Gasteiger charge is -2.04. The molecule has 0 atom stereocenters. The van der Waals surface area contributed by atoms with Gasteiger partial charge in [0.15, 0.2) is 6.61 Å². The van der Waals surface area contributed by atoms with Crippen LogP contribution in [0.1, 0.15) is 16.2 Å². The molecule has 0 saturated heterocycles. The first-order valence-corrected chi connectivity index (χ1v) is 7.39. The molecule has 116 valence electrons. The Bertz CT molecular complexity index is 834. The van der Waals surface area contributed by atoms with Crippen molar-refractivity contribution < 1.29 is 14.1 Å². The maximum absolute atomic E-state index is 12.0. The number of esters is 1. The number of hydrogen-bond donors (Lipinski definition) is 0. The Balaban J connectivity index is 1.68. The summed E-state index contributed by atoms with van der Waals surface area (Å²) < 4.78 is 10.2. The molecule has 3 rings (SSSR count). The van der Waals surface area contributed by atoms with E-state index >= 15 is 0 Å². The highest BCUT2D eigenvalue weighted by Crippen LogP contribution is 2.22. The minimum Gasteiger partial charge on any atom is -0.452 e. The van der Waals surface area contributed by atoms with E-state index in [1.807, 2.05) is 30.3 Å². The van der Waals surface area contributed by atoms with E-state index in [4.69, 9.17) is 32.5 Å². The van der Waals surface area contributed by atoms with Crippen molar-refractivity contribution in [2.75, 3.05) is 0 Å². The van der Waals surface area contributed by atoms with E-state index in [1.165, 1.54) is 12.1 Å². The maximum Gasteiger partial charge on any atom is 0.340 e. The average molecular weight is 349 g/mol. The van der Waals surface area contributed by atoms with Gasteiger partial charge in [-0.2, -0.15) is 4.98 Å². The van der Waals surface area contributed by atoms with Gasteiger partial charge in [0, 0.05) is 10.6 Å². The van der Waals surface area contributed by atoms with Crippen molar-refractivity contribution in [3.8, 4) is 11.4 Å². The van der Waals surface area contributed by atoms with E-state index in [1.54, 1.807) is 6.07 Å². The van der Waals surface area contributed by atoms with Gasteiger partial charge in [0.25, 0.3) is 5.89 Å². The lowest BCUT2D eigenvalue weighted by molar-refractivity contribution is 0.0430. The van der Waals surface area contributed by atoms with Crippen LogP contribution in [0, 0.1) is 0 Å². The number of nitrogens with zero attached hydrogens (tertiary/aromatic N) is 2. The molecule has 5 nitrogen and oxygen atoms in total. The zero-order chi connectivity index (χ0) is 16.2. The molecule has 1 aromatic heterocycles. The molecule has 1 heterocycles. The number of rotatable bonds is 4. The van der Waals surface area contributed by atoms with Gasteiger partial charge in [-0.05, 0) is 18.2 Å². The topological polar surface area (TPSA) is 65.2 Å². The van der Waals surface area contributed by atoms with Crippen LogP contribution in [0.15, 0.2) is 53.1 Å². The minimum absolute atomic E-state index is 0.151. The summed E-state index contributed by atoms with van der Waals surface area (Å²) in [6.45, 7) is -0.151. The molecule has 0 aliphatic rings. The molecule has 0 aliphatic heterocycles. The molecular formula is C16H10Cl2N2O3. The highest BCUT2D eigenvalue weighted by atomic mass is 35.5. The number of ether oxygens (including phenoxy) is 1. The lowest BCUT2D eigenvalue weighted by Crippen LogP contribution is -2.06. The van der Waals surface area contributed by atoms with Gasteiger partial charge in [-0.25, -0.2) is 4.79 Å². The molecule has 2 aromatic carbocycles. The summed E-state index contributed by atoms with van der Waals surface area (Å²) in [5.41, 5.74) is 0.994. The Labute approximate surface area is 141 Å². The lowest BCUT2D eigenvalue weighted by atomic mass is 10.2.